The van der Waals surface area contributed by atoms with Crippen molar-refractivity contribution < 1.29 is 19.1 Å². The standard InChI is InChI=1S/C19H14BrNO4/c1-10(22)21-18-17(20)16(23)9-15(19(18)24)13-5-3-4-11-6-7-12(25-2)8-14(11)13/h3-9H,1-2H3,(H,21,22). The van der Waals surface area contributed by atoms with Crippen molar-refractivity contribution >= 4 is 49.7 Å². The molecule has 126 valence electrons. The van der Waals surface area contributed by atoms with E-state index in [4.69, 9.17) is 4.74 Å². The Kier molecular flexibility index (Phi) is 4.55. The molecule has 0 bridgehead atoms. The van der Waals surface area contributed by atoms with E-state index in [9.17, 15) is 14.4 Å². The van der Waals surface area contributed by atoms with Crippen molar-refractivity contribution in [3.05, 3.63) is 58.2 Å². The third-order valence-corrected chi connectivity index (χ3v) is 4.65. The minimum Gasteiger partial charge on any atom is -0.497 e. The van der Waals surface area contributed by atoms with E-state index in [0.717, 1.165) is 10.8 Å². The molecule has 25 heavy (non-hydrogen) atoms. The minimum atomic E-state index is -0.422. The van der Waals surface area contributed by atoms with Crippen molar-refractivity contribution in [3.8, 4) is 5.75 Å². The molecule has 6 heteroatoms. The maximum absolute atomic E-state index is 12.9. The molecule has 5 nitrogen and oxygen atoms in total. The van der Waals surface area contributed by atoms with E-state index in [1.54, 1.807) is 13.2 Å². The number of benzene rings is 2. The summed E-state index contributed by atoms with van der Waals surface area (Å²) in [5.74, 6) is -0.571. The van der Waals surface area contributed by atoms with Gasteiger partial charge in [-0.1, -0.05) is 24.3 Å². The third-order valence-electron chi connectivity index (χ3n) is 3.86. The van der Waals surface area contributed by atoms with Gasteiger partial charge in [0.25, 0.3) is 0 Å². The van der Waals surface area contributed by atoms with Gasteiger partial charge in [0.1, 0.15) is 11.4 Å². The predicted octanol–water partition coefficient (Wildman–Crippen LogP) is 3.13. The number of rotatable bonds is 3. The molecule has 2 aromatic rings. The molecule has 1 aliphatic carbocycles. The average Bonchev–Trinajstić information content (AvgIpc) is 2.60. The summed E-state index contributed by atoms with van der Waals surface area (Å²) in [7, 11) is 1.56. The molecular weight excluding hydrogens is 386 g/mol. The van der Waals surface area contributed by atoms with Crippen molar-refractivity contribution in [2.24, 2.45) is 0 Å². The minimum absolute atomic E-state index is 0.0464. The molecule has 0 unspecified atom stereocenters. The van der Waals surface area contributed by atoms with Crippen molar-refractivity contribution in [2.45, 2.75) is 6.92 Å². The van der Waals surface area contributed by atoms with Crippen LogP contribution in [-0.2, 0) is 14.4 Å². The second-order valence-electron chi connectivity index (χ2n) is 5.51. The zero-order chi connectivity index (χ0) is 18.1. The highest BCUT2D eigenvalue weighted by Crippen LogP contribution is 2.33. The van der Waals surface area contributed by atoms with Crippen LogP contribution >= 0.6 is 15.9 Å². The first-order chi connectivity index (χ1) is 11.9. The summed E-state index contributed by atoms with van der Waals surface area (Å²) in [4.78, 5) is 36.5. The highest BCUT2D eigenvalue weighted by atomic mass is 79.9. The van der Waals surface area contributed by atoms with Crippen LogP contribution in [0.25, 0.3) is 16.3 Å². The Bertz CT molecular complexity index is 988. The van der Waals surface area contributed by atoms with Gasteiger partial charge in [0.15, 0.2) is 5.78 Å². The Balaban J connectivity index is 2.18. The number of methoxy groups -OCH3 is 1. The smallest absolute Gasteiger partial charge is 0.221 e. The highest BCUT2D eigenvalue weighted by Gasteiger charge is 2.29. The van der Waals surface area contributed by atoms with E-state index in [0.29, 0.717) is 11.3 Å². The van der Waals surface area contributed by atoms with Crippen LogP contribution < -0.4 is 10.1 Å². The van der Waals surface area contributed by atoms with Crippen LogP contribution in [0.3, 0.4) is 0 Å². The molecule has 0 heterocycles. The Labute approximate surface area is 152 Å². The topological polar surface area (TPSA) is 72.5 Å². The third kappa shape index (κ3) is 3.13. The van der Waals surface area contributed by atoms with Crippen LogP contribution in [0.2, 0.25) is 0 Å². The number of carbonyl (C=O) groups excluding carboxylic acids is 3. The fourth-order valence-corrected chi connectivity index (χ4v) is 3.11. The van der Waals surface area contributed by atoms with Gasteiger partial charge < -0.3 is 10.1 Å². The number of hydrogen-bond donors (Lipinski definition) is 1. The molecule has 0 radical (unpaired) electrons. The molecule has 0 saturated carbocycles. The van der Waals surface area contributed by atoms with Crippen LogP contribution in [-0.4, -0.2) is 24.6 Å². The normalized spacial score (nSPS) is 14.6. The van der Waals surface area contributed by atoms with Crippen LogP contribution in [0.5, 0.6) is 5.75 Å². The van der Waals surface area contributed by atoms with E-state index in [2.05, 4.69) is 21.2 Å². The van der Waals surface area contributed by atoms with Crippen LogP contribution in [0.1, 0.15) is 12.5 Å². The van der Waals surface area contributed by atoms with Gasteiger partial charge >= 0.3 is 0 Å². The maximum atomic E-state index is 12.9. The second kappa shape index (κ2) is 6.64. The quantitative estimate of drug-likeness (QED) is 0.804. The van der Waals surface area contributed by atoms with Crippen LogP contribution in [0.15, 0.2) is 52.7 Å². The average molecular weight is 400 g/mol. The van der Waals surface area contributed by atoms with Gasteiger partial charge in [0.05, 0.1) is 11.6 Å². The number of nitrogens with one attached hydrogen (secondary N) is 1. The molecule has 2 aromatic carbocycles. The summed E-state index contributed by atoms with van der Waals surface area (Å²) in [6, 6.07) is 11.0. The Morgan fingerprint density at radius 2 is 1.92 bits per heavy atom. The first-order valence-electron chi connectivity index (χ1n) is 7.47. The van der Waals surface area contributed by atoms with Gasteiger partial charge in [-0.25, -0.2) is 0 Å². The Morgan fingerprint density at radius 3 is 2.60 bits per heavy atom. The van der Waals surface area contributed by atoms with E-state index in [1.165, 1.54) is 13.0 Å². The molecule has 0 spiro atoms. The summed E-state index contributed by atoms with van der Waals surface area (Å²) in [6.45, 7) is 1.28. The lowest BCUT2D eigenvalue weighted by atomic mass is 9.90. The first kappa shape index (κ1) is 17.1. The molecule has 0 fully saturated rings. The summed E-state index contributed by atoms with van der Waals surface area (Å²) in [5, 5.41) is 4.14. The molecule has 0 aliphatic heterocycles. The number of halogens is 1. The van der Waals surface area contributed by atoms with Crippen molar-refractivity contribution in [2.75, 3.05) is 7.11 Å². The first-order valence-corrected chi connectivity index (χ1v) is 8.27. The molecule has 1 aliphatic rings. The molecule has 3 rings (SSSR count). The summed E-state index contributed by atoms with van der Waals surface area (Å²) in [5.41, 5.74) is 0.795. The van der Waals surface area contributed by atoms with Crippen molar-refractivity contribution in [3.63, 3.8) is 0 Å². The number of hydrogen-bond acceptors (Lipinski definition) is 4. The maximum Gasteiger partial charge on any atom is 0.221 e. The monoisotopic (exact) mass is 399 g/mol. The number of fused-ring (bicyclic) bond motifs is 1. The zero-order valence-corrected chi connectivity index (χ0v) is 15.1. The lowest BCUT2D eigenvalue weighted by Gasteiger charge is -2.18. The van der Waals surface area contributed by atoms with E-state index < -0.39 is 11.7 Å². The van der Waals surface area contributed by atoms with Gasteiger partial charge in [0, 0.05) is 12.5 Å². The SMILES string of the molecule is COc1ccc2cccc(C3=CC(=O)C(Br)=C(NC(C)=O)C3=O)c2c1. The number of carbonyl (C=O) groups is 3. The van der Waals surface area contributed by atoms with E-state index >= 15 is 0 Å². The molecule has 0 aromatic heterocycles. The summed E-state index contributed by atoms with van der Waals surface area (Å²) >= 11 is 3.09. The molecule has 1 N–H and O–H groups in total. The van der Waals surface area contributed by atoms with Gasteiger partial charge in [-0.05, 0) is 50.5 Å². The number of amides is 1. The fourth-order valence-electron chi connectivity index (χ4n) is 2.72. The van der Waals surface area contributed by atoms with Gasteiger partial charge in [-0.15, -0.1) is 0 Å². The number of Topliss-reactive ketones (excluding diaryl/α,β-unsaturated/α-hetero) is 1. The van der Waals surface area contributed by atoms with Crippen molar-refractivity contribution in [1.29, 1.82) is 0 Å². The molecule has 0 atom stereocenters. The van der Waals surface area contributed by atoms with E-state index in [1.807, 2.05) is 30.3 Å². The van der Waals surface area contributed by atoms with Crippen LogP contribution in [0.4, 0.5) is 0 Å². The van der Waals surface area contributed by atoms with Crippen LogP contribution in [0, 0.1) is 0 Å². The molecular formula is C19H14BrNO4. The molecule has 0 saturated heterocycles. The Morgan fingerprint density at radius 1 is 1.16 bits per heavy atom. The lowest BCUT2D eigenvalue weighted by Crippen LogP contribution is -2.30. The fraction of sp³-hybridized carbons (Fsp3) is 0.105. The summed E-state index contributed by atoms with van der Waals surface area (Å²) < 4.78 is 5.31. The molecule has 1 amide bonds. The lowest BCUT2D eigenvalue weighted by molar-refractivity contribution is -0.120. The van der Waals surface area contributed by atoms with Gasteiger partial charge in [-0.3, -0.25) is 14.4 Å². The zero-order valence-electron chi connectivity index (χ0n) is 13.6. The second-order valence-corrected chi connectivity index (χ2v) is 6.31. The Hall–Kier alpha value is -2.73. The highest BCUT2D eigenvalue weighted by molar-refractivity contribution is 9.12. The van der Waals surface area contributed by atoms with Crippen molar-refractivity contribution in [1.82, 2.24) is 5.32 Å². The van der Waals surface area contributed by atoms with Gasteiger partial charge in [0.2, 0.25) is 11.7 Å². The number of ether oxygens (including phenoxy) is 1. The number of allylic oxidation sites excluding steroid dienone is 3. The largest absolute Gasteiger partial charge is 0.497 e. The number of ketones is 2. The van der Waals surface area contributed by atoms with E-state index in [-0.39, 0.29) is 21.5 Å². The van der Waals surface area contributed by atoms with Gasteiger partial charge in [-0.2, -0.15) is 0 Å². The predicted molar refractivity (Wildman–Crippen MR) is 98.3 cm³/mol. The summed E-state index contributed by atoms with van der Waals surface area (Å²) in [6.07, 6.45) is 1.28.